The minimum absolute atomic E-state index is 0.243. The molecule has 0 spiro atoms. The molecular weight excluding hydrogens is 231 g/mol. The van der Waals surface area contributed by atoms with Crippen LogP contribution in [-0.4, -0.2) is 29.1 Å². The first-order valence-electron chi connectivity index (χ1n) is 6.44. The smallest absolute Gasteiger partial charge is 0.201 e. The third-order valence-electron chi connectivity index (χ3n) is 3.39. The van der Waals surface area contributed by atoms with Crippen molar-refractivity contribution in [1.82, 2.24) is 15.3 Å². The van der Waals surface area contributed by atoms with E-state index in [1.165, 1.54) is 25.0 Å². The predicted molar refractivity (Wildman–Crippen MR) is 70.2 cm³/mol. The Bertz CT molecular complexity index is 531. The normalized spacial score (nSPS) is 19.5. The summed E-state index contributed by atoms with van der Waals surface area (Å²) in [5.74, 6) is 0.474. The molecule has 2 aromatic rings. The Kier molecular flexibility index (Phi) is 3.15. The second-order valence-corrected chi connectivity index (χ2v) is 4.76. The van der Waals surface area contributed by atoms with Crippen LogP contribution in [0.5, 0.6) is 0 Å². The van der Waals surface area contributed by atoms with Gasteiger partial charge < -0.3 is 15.6 Å². The molecule has 1 aliphatic rings. The molecular formula is C13H17FN4. The monoisotopic (exact) mass is 248 g/mol. The van der Waals surface area contributed by atoms with Crippen LogP contribution in [0.4, 0.5) is 10.3 Å². The number of fused-ring (bicyclic) bond motifs is 1. The van der Waals surface area contributed by atoms with Gasteiger partial charge in [0, 0.05) is 12.6 Å². The Balaban J connectivity index is 1.60. The van der Waals surface area contributed by atoms with Gasteiger partial charge in [-0.1, -0.05) is 0 Å². The lowest BCUT2D eigenvalue weighted by atomic mass is 10.2. The first-order valence-corrected chi connectivity index (χ1v) is 6.44. The molecule has 1 aliphatic heterocycles. The van der Waals surface area contributed by atoms with Crippen molar-refractivity contribution in [3.8, 4) is 0 Å². The molecule has 1 saturated heterocycles. The number of H-pyrrole nitrogens is 1. The summed E-state index contributed by atoms with van der Waals surface area (Å²) in [7, 11) is 0. The summed E-state index contributed by atoms with van der Waals surface area (Å²) < 4.78 is 13.0. The number of halogens is 1. The summed E-state index contributed by atoms with van der Waals surface area (Å²) >= 11 is 0. The Morgan fingerprint density at radius 3 is 3.22 bits per heavy atom. The van der Waals surface area contributed by atoms with Crippen molar-refractivity contribution in [2.45, 2.75) is 25.3 Å². The van der Waals surface area contributed by atoms with Crippen LogP contribution < -0.4 is 10.6 Å². The van der Waals surface area contributed by atoms with Crippen LogP contribution in [0.1, 0.15) is 19.3 Å². The van der Waals surface area contributed by atoms with Crippen molar-refractivity contribution in [3.63, 3.8) is 0 Å². The van der Waals surface area contributed by atoms with Crippen LogP contribution >= 0.6 is 0 Å². The zero-order chi connectivity index (χ0) is 12.4. The van der Waals surface area contributed by atoms with E-state index in [1.54, 1.807) is 6.07 Å². The maximum Gasteiger partial charge on any atom is 0.201 e. The molecule has 0 radical (unpaired) electrons. The first-order chi connectivity index (χ1) is 8.81. The molecule has 0 saturated carbocycles. The lowest BCUT2D eigenvalue weighted by Gasteiger charge is -2.09. The number of hydrogen-bond donors (Lipinski definition) is 3. The highest BCUT2D eigenvalue weighted by Crippen LogP contribution is 2.15. The van der Waals surface area contributed by atoms with Crippen molar-refractivity contribution >= 4 is 17.0 Å². The van der Waals surface area contributed by atoms with E-state index in [-0.39, 0.29) is 5.82 Å². The number of rotatable bonds is 4. The molecule has 0 unspecified atom stereocenters. The summed E-state index contributed by atoms with van der Waals surface area (Å²) in [6.07, 6.45) is 3.62. The maximum absolute atomic E-state index is 13.0. The van der Waals surface area contributed by atoms with Crippen LogP contribution in [0.15, 0.2) is 18.2 Å². The topological polar surface area (TPSA) is 52.7 Å². The molecule has 3 rings (SSSR count). The van der Waals surface area contributed by atoms with Gasteiger partial charge in [-0.3, -0.25) is 0 Å². The lowest BCUT2D eigenvalue weighted by Crippen LogP contribution is -2.24. The number of anilines is 1. The number of nitrogens with zero attached hydrogens (tertiary/aromatic N) is 1. The van der Waals surface area contributed by atoms with E-state index in [0.29, 0.717) is 12.0 Å². The average molecular weight is 248 g/mol. The predicted octanol–water partition coefficient (Wildman–Crippen LogP) is 2.26. The van der Waals surface area contributed by atoms with E-state index in [2.05, 4.69) is 20.6 Å². The van der Waals surface area contributed by atoms with E-state index in [9.17, 15) is 4.39 Å². The molecule has 1 fully saturated rings. The largest absolute Gasteiger partial charge is 0.356 e. The second-order valence-electron chi connectivity index (χ2n) is 4.76. The zero-order valence-corrected chi connectivity index (χ0v) is 10.2. The minimum atomic E-state index is -0.243. The second kappa shape index (κ2) is 4.94. The highest BCUT2D eigenvalue weighted by molar-refractivity contribution is 5.77. The van der Waals surface area contributed by atoms with Crippen LogP contribution in [-0.2, 0) is 0 Å². The molecule has 3 N–H and O–H groups in total. The summed E-state index contributed by atoms with van der Waals surface area (Å²) in [6.45, 7) is 2.01. The molecule has 4 nitrogen and oxygen atoms in total. The Morgan fingerprint density at radius 1 is 1.44 bits per heavy atom. The van der Waals surface area contributed by atoms with Gasteiger partial charge in [0.05, 0.1) is 11.0 Å². The minimum Gasteiger partial charge on any atom is -0.356 e. The van der Waals surface area contributed by atoms with Crippen LogP contribution in [0.3, 0.4) is 0 Å². The third kappa shape index (κ3) is 2.46. The number of aromatic amines is 1. The van der Waals surface area contributed by atoms with Gasteiger partial charge in [-0.2, -0.15) is 0 Å². The van der Waals surface area contributed by atoms with E-state index in [1.807, 2.05) is 0 Å². The number of hydrogen-bond acceptors (Lipinski definition) is 3. The van der Waals surface area contributed by atoms with Crippen molar-refractivity contribution < 1.29 is 4.39 Å². The van der Waals surface area contributed by atoms with Gasteiger partial charge in [-0.25, -0.2) is 9.37 Å². The number of nitrogens with one attached hydrogen (secondary N) is 3. The molecule has 18 heavy (non-hydrogen) atoms. The molecule has 1 aromatic carbocycles. The lowest BCUT2D eigenvalue weighted by molar-refractivity contribution is 0.574. The van der Waals surface area contributed by atoms with Gasteiger partial charge in [0.2, 0.25) is 5.95 Å². The van der Waals surface area contributed by atoms with E-state index >= 15 is 0 Å². The fraction of sp³-hybridized carbons (Fsp3) is 0.462. The molecule has 5 heteroatoms. The fourth-order valence-corrected chi connectivity index (χ4v) is 2.43. The first kappa shape index (κ1) is 11.5. The SMILES string of the molecule is Fc1ccc2nc(NCC[C@@H]3CCCN3)[nH]c2c1. The van der Waals surface area contributed by atoms with Gasteiger partial charge in [-0.05, 0) is 44.0 Å². The summed E-state index contributed by atoms with van der Waals surface area (Å²) in [4.78, 5) is 7.44. The van der Waals surface area contributed by atoms with Crippen molar-refractivity contribution in [2.24, 2.45) is 0 Å². The molecule has 0 aliphatic carbocycles. The Morgan fingerprint density at radius 2 is 2.39 bits per heavy atom. The van der Waals surface area contributed by atoms with Gasteiger partial charge in [0.1, 0.15) is 5.82 Å². The van der Waals surface area contributed by atoms with Crippen molar-refractivity contribution in [1.29, 1.82) is 0 Å². The maximum atomic E-state index is 13.0. The van der Waals surface area contributed by atoms with Gasteiger partial charge in [0.15, 0.2) is 0 Å². The summed E-state index contributed by atoms with van der Waals surface area (Å²) in [6, 6.07) is 5.20. The third-order valence-corrected chi connectivity index (χ3v) is 3.39. The molecule has 1 atom stereocenters. The van der Waals surface area contributed by atoms with Crippen LogP contribution in [0.25, 0.3) is 11.0 Å². The molecule has 96 valence electrons. The van der Waals surface area contributed by atoms with E-state index in [4.69, 9.17) is 0 Å². The Labute approximate surface area is 105 Å². The summed E-state index contributed by atoms with van der Waals surface area (Å²) in [5, 5.41) is 6.71. The van der Waals surface area contributed by atoms with E-state index < -0.39 is 0 Å². The Hall–Kier alpha value is -1.62. The standard InChI is InChI=1S/C13H17FN4/c14-9-3-4-11-12(8-9)18-13(17-11)16-7-5-10-2-1-6-15-10/h3-4,8,10,15H,1-2,5-7H2,(H2,16,17,18)/t10-/m0/s1. The molecule has 1 aromatic heterocycles. The summed E-state index contributed by atoms with van der Waals surface area (Å²) in [5.41, 5.74) is 1.52. The number of benzene rings is 1. The van der Waals surface area contributed by atoms with Gasteiger partial charge >= 0.3 is 0 Å². The van der Waals surface area contributed by atoms with Crippen molar-refractivity contribution in [2.75, 3.05) is 18.4 Å². The zero-order valence-electron chi connectivity index (χ0n) is 10.2. The molecule has 2 heterocycles. The average Bonchev–Trinajstić information content (AvgIpc) is 2.97. The quantitative estimate of drug-likeness (QED) is 0.778. The van der Waals surface area contributed by atoms with Crippen LogP contribution in [0.2, 0.25) is 0 Å². The number of aromatic nitrogens is 2. The van der Waals surface area contributed by atoms with E-state index in [0.717, 1.165) is 30.5 Å². The fourth-order valence-electron chi connectivity index (χ4n) is 2.43. The highest BCUT2D eigenvalue weighted by Gasteiger charge is 2.13. The molecule has 0 amide bonds. The van der Waals surface area contributed by atoms with Gasteiger partial charge in [0.25, 0.3) is 0 Å². The molecule has 0 bridgehead atoms. The number of imidazole rings is 1. The highest BCUT2D eigenvalue weighted by atomic mass is 19.1. The van der Waals surface area contributed by atoms with Gasteiger partial charge in [-0.15, -0.1) is 0 Å². The van der Waals surface area contributed by atoms with Crippen LogP contribution in [0, 0.1) is 5.82 Å². The van der Waals surface area contributed by atoms with Crippen molar-refractivity contribution in [3.05, 3.63) is 24.0 Å².